The van der Waals surface area contributed by atoms with Crippen LogP contribution in [0.1, 0.15) is 19.4 Å². The van der Waals surface area contributed by atoms with Gasteiger partial charge in [0, 0.05) is 24.2 Å². The number of fused-ring (bicyclic) bond motifs is 1. The van der Waals surface area contributed by atoms with Gasteiger partial charge in [0.1, 0.15) is 12.0 Å². The van der Waals surface area contributed by atoms with Crippen molar-refractivity contribution in [3.8, 4) is 0 Å². The summed E-state index contributed by atoms with van der Waals surface area (Å²) in [5, 5.41) is 2.36. The lowest BCUT2D eigenvalue weighted by Crippen LogP contribution is -2.23. The average molecular weight is 398 g/mol. The smallest absolute Gasteiger partial charge is 0.161 e. The molecule has 0 saturated carbocycles. The van der Waals surface area contributed by atoms with Crippen LogP contribution in [0.25, 0.3) is 10.8 Å². The molecular formula is C25H27N5. The van der Waals surface area contributed by atoms with Crippen LogP contribution in [0.3, 0.4) is 0 Å². The predicted molar refractivity (Wildman–Crippen MR) is 127 cm³/mol. The minimum Gasteiger partial charge on any atom is -0.393 e. The summed E-state index contributed by atoms with van der Waals surface area (Å²) in [5.41, 5.74) is 10.6. The van der Waals surface area contributed by atoms with E-state index in [2.05, 4.69) is 107 Å². The number of aryl methyl sites for hydroxylation is 1. The number of hydrogen-bond donors (Lipinski definition) is 1. The maximum Gasteiger partial charge on any atom is 0.161 e. The number of nitrogen functional groups attached to an aromatic ring is 1. The molecular weight excluding hydrogens is 370 g/mol. The molecule has 5 nitrogen and oxygen atoms in total. The lowest BCUT2D eigenvalue weighted by Gasteiger charge is -2.28. The van der Waals surface area contributed by atoms with Crippen molar-refractivity contribution in [3.63, 3.8) is 0 Å². The van der Waals surface area contributed by atoms with E-state index in [1.165, 1.54) is 16.3 Å². The van der Waals surface area contributed by atoms with E-state index >= 15 is 0 Å². The summed E-state index contributed by atoms with van der Waals surface area (Å²) in [4.78, 5) is 13.4. The summed E-state index contributed by atoms with van der Waals surface area (Å²) in [6.07, 6.45) is 1.60. The summed E-state index contributed by atoms with van der Waals surface area (Å²) in [6, 6.07) is 23.1. The second-order valence-electron chi connectivity index (χ2n) is 7.26. The van der Waals surface area contributed by atoms with Gasteiger partial charge in [0.25, 0.3) is 0 Å². The normalized spacial score (nSPS) is 10.9. The molecule has 30 heavy (non-hydrogen) atoms. The summed E-state index contributed by atoms with van der Waals surface area (Å²) in [7, 11) is 0. The highest BCUT2D eigenvalue weighted by Crippen LogP contribution is 2.38. The molecule has 0 aliphatic heterocycles. The molecule has 4 rings (SSSR count). The minimum absolute atomic E-state index is 0.579. The molecule has 3 aromatic carbocycles. The van der Waals surface area contributed by atoms with Gasteiger partial charge in [0.15, 0.2) is 11.6 Å². The number of rotatable bonds is 6. The predicted octanol–water partition coefficient (Wildman–Crippen LogP) is 5.84. The molecule has 0 bridgehead atoms. The van der Waals surface area contributed by atoms with Crippen molar-refractivity contribution >= 4 is 39.5 Å². The summed E-state index contributed by atoms with van der Waals surface area (Å²) >= 11 is 0. The Labute approximate surface area is 177 Å². The van der Waals surface area contributed by atoms with Crippen molar-refractivity contribution < 1.29 is 0 Å². The first-order chi connectivity index (χ1) is 14.6. The van der Waals surface area contributed by atoms with Gasteiger partial charge >= 0.3 is 0 Å². The number of benzene rings is 3. The van der Waals surface area contributed by atoms with E-state index in [9.17, 15) is 0 Å². The van der Waals surface area contributed by atoms with Gasteiger partial charge in [0.2, 0.25) is 0 Å². The van der Waals surface area contributed by atoms with Crippen LogP contribution >= 0.6 is 0 Å². The molecule has 0 unspecified atom stereocenters. The highest BCUT2D eigenvalue weighted by Gasteiger charge is 2.21. The van der Waals surface area contributed by atoms with Crippen molar-refractivity contribution in [2.45, 2.75) is 20.8 Å². The topological polar surface area (TPSA) is 58.3 Å². The van der Waals surface area contributed by atoms with E-state index in [1.807, 2.05) is 0 Å². The van der Waals surface area contributed by atoms with Gasteiger partial charge < -0.3 is 15.5 Å². The zero-order chi connectivity index (χ0) is 21.1. The van der Waals surface area contributed by atoms with Crippen LogP contribution in [0.15, 0.2) is 73.1 Å². The molecule has 5 heteroatoms. The first-order valence-electron chi connectivity index (χ1n) is 10.3. The van der Waals surface area contributed by atoms with E-state index in [4.69, 9.17) is 5.73 Å². The third-order valence-corrected chi connectivity index (χ3v) is 5.36. The molecule has 0 fully saturated rings. The van der Waals surface area contributed by atoms with Gasteiger partial charge in [-0.25, -0.2) is 9.97 Å². The van der Waals surface area contributed by atoms with Crippen LogP contribution in [0.4, 0.5) is 28.7 Å². The van der Waals surface area contributed by atoms with Crippen LogP contribution in [-0.2, 0) is 0 Å². The lowest BCUT2D eigenvalue weighted by atomic mass is 10.1. The second-order valence-corrected chi connectivity index (χ2v) is 7.26. The first-order valence-corrected chi connectivity index (χ1v) is 10.3. The van der Waals surface area contributed by atoms with Crippen LogP contribution in [0.2, 0.25) is 0 Å². The van der Waals surface area contributed by atoms with Crippen molar-refractivity contribution in [2.75, 3.05) is 28.6 Å². The molecule has 0 atom stereocenters. The van der Waals surface area contributed by atoms with Gasteiger partial charge in [-0.2, -0.15) is 0 Å². The van der Waals surface area contributed by atoms with Crippen molar-refractivity contribution in [3.05, 3.63) is 78.6 Å². The molecule has 152 valence electrons. The molecule has 0 spiro atoms. The van der Waals surface area contributed by atoms with Gasteiger partial charge in [-0.3, -0.25) is 0 Å². The van der Waals surface area contributed by atoms with Crippen molar-refractivity contribution in [2.24, 2.45) is 0 Å². The Kier molecular flexibility index (Phi) is 5.53. The monoisotopic (exact) mass is 397 g/mol. The average Bonchev–Trinajstić information content (AvgIpc) is 2.77. The number of nitrogens with two attached hydrogens (primary N) is 1. The fourth-order valence-electron chi connectivity index (χ4n) is 3.94. The van der Waals surface area contributed by atoms with Crippen molar-refractivity contribution in [1.29, 1.82) is 0 Å². The Morgan fingerprint density at radius 2 is 1.47 bits per heavy atom. The third-order valence-electron chi connectivity index (χ3n) is 5.36. The standard InChI is InChI=1S/C25H27N5/c1-4-29(20-13-8-10-18(3)16-20)24-23(26)25(28-17-27-24)30(5-2)22-15-9-12-19-11-6-7-14-21(19)22/h6-17H,4-5,26H2,1-3H3. The number of anilines is 5. The van der Waals surface area contributed by atoms with Crippen LogP contribution < -0.4 is 15.5 Å². The van der Waals surface area contributed by atoms with E-state index in [0.717, 1.165) is 36.1 Å². The molecule has 0 amide bonds. The molecule has 2 N–H and O–H groups in total. The quantitative estimate of drug-likeness (QED) is 0.443. The fourth-order valence-corrected chi connectivity index (χ4v) is 3.94. The molecule has 0 aliphatic rings. The molecule has 0 radical (unpaired) electrons. The Hall–Kier alpha value is -3.60. The van der Waals surface area contributed by atoms with Gasteiger partial charge in [-0.05, 0) is 49.9 Å². The van der Waals surface area contributed by atoms with E-state index in [0.29, 0.717) is 5.69 Å². The Balaban J connectivity index is 1.83. The van der Waals surface area contributed by atoms with Gasteiger partial charge in [-0.1, -0.05) is 48.5 Å². The van der Waals surface area contributed by atoms with E-state index in [1.54, 1.807) is 6.33 Å². The number of hydrogen-bond acceptors (Lipinski definition) is 5. The molecule has 1 heterocycles. The molecule has 0 aliphatic carbocycles. The summed E-state index contributed by atoms with van der Waals surface area (Å²) in [6.45, 7) is 7.80. The van der Waals surface area contributed by atoms with Crippen LogP contribution in [-0.4, -0.2) is 23.1 Å². The van der Waals surface area contributed by atoms with Gasteiger partial charge in [0.05, 0.1) is 5.69 Å². The Bertz CT molecular complexity index is 1170. The van der Waals surface area contributed by atoms with E-state index < -0.39 is 0 Å². The lowest BCUT2D eigenvalue weighted by molar-refractivity contribution is 0.950. The molecule has 1 aromatic heterocycles. The van der Waals surface area contributed by atoms with Gasteiger partial charge in [-0.15, -0.1) is 0 Å². The zero-order valence-corrected chi connectivity index (χ0v) is 17.7. The van der Waals surface area contributed by atoms with Crippen LogP contribution in [0.5, 0.6) is 0 Å². The Morgan fingerprint density at radius 1 is 0.800 bits per heavy atom. The largest absolute Gasteiger partial charge is 0.393 e. The first kappa shape index (κ1) is 19.7. The molecule has 0 saturated heterocycles. The fraction of sp³-hybridized carbons (Fsp3) is 0.200. The maximum atomic E-state index is 6.68. The summed E-state index contributed by atoms with van der Waals surface area (Å²) < 4.78 is 0. The SMILES string of the molecule is CCN(c1cccc(C)c1)c1ncnc(N(CC)c2cccc3ccccc23)c1N. The van der Waals surface area contributed by atoms with Crippen molar-refractivity contribution in [1.82, 2.24) is 9.97 Å². The Morgan fingerprint density at radius 3 is 2.20 bits per heavy atom. The van der Waals surface area contributed by atoms with Crippen LogP contribution in [0, 0.1) is 6.92 Å². The zero-order valence-electron chi connectivity index (χ0n) is 17.7. The number of aromatic nitrogens is 2. The third kappa shape index (κ3) is 3.54. The minimum atomic E-state index is 0.579. The highest BCUT2D eigenvalue weighted by atomic mass is 15.3. The van der Waals surface area contributed by atoms with E-state index in [-0.39, 0.29) is 0 Å². The molecule has 4 aromatic rings. The highest BCUT2D eigenvalue weighted by molar-refractivity contribution is 5.97. The number of nitrogens with zero attached hydrogens (tertiary/aromatic N) is 4. The summed E-state index contributed by atoms with van der Waals surface area (Å²) in [5.74, 6) is 1.46. The second kappa shape index (κ2) is 8.41. The maximum absolute atomic E-state index is 6.68.